The molecule has 3 rings (SSSR count). The number of esters is 1. The Morgan fingerprint density at radius 1 is 1.00 bits per heavy atom. The highest BCUT2D eigenvalue weighted by Gasteiger charge is 2.18. The topological polar surface area (TPSA) is 79.7 Å². The third kappa shape index (κ3) is 3.46. The first-order valence-electron chi connectivity index (χ1n) is 8.51. The fourth-order valence-corrected chi connectivity index (χ4v) is 2.96. The third-order valence-electron chi connectivity index (χ3n) is 4.26. The van der Waals surface area contributed by atoms with Crippen molar-refractivity contribution in [3.05, 3.63) is 53.3 Å². The molecule has 0 bridgehead atoms. The van der Waals surface area contributed by atoms with E-state index < -0.39 is 5.97 Å². The van der Waals surface area contributed by atoms with Gasteiger partial charge in [-0.05, 0) is 35.9 Å². The molecule has 0 atom stereocenters. The molecule has 2 aromatic carbocycles. The molecule has 0 radical (unpaired) electrons. The zero-order valence-electron chi connectivity index (χ0n) is 16.1. The van der Waals surface area contributed by atoms with Crippen molar-refractivity contribution in [2.75, 3.05) is 21.3 Å². The molecule has 0 fully saturated rings. The zero-order valence-corrected chi connectivity index (χ0v) is 16.1. The highest BCUT2D eigenvalue weighted by atomic mass is 16.5. The summed E-state index contributed by atoms with van der Waals surface area (Å²) in [7, 11) is 4.44. The second-order valence-electron chi connectivity index (χ2n) is 5.94. The van der Waals surface area contributed by atoms with E-state index in [9.17, 15) is 9.59 Å². The van der Waals surface area contributed by atoms with Crippen molar-refractivity contribution >= 4 is 35.1 Å². The van der Waals surface area contributed by atoms with Crippen LogP contribution in [0.1, 0.15) is 33.5 Å². The van der Waals surface area contributed by atoms with E-state index >= 15 is 0 Å². The molecule has 0 aliphatic carbocycles. The molecule has 0 N–H and O–H groups in total. The molecule has 7 heteroatoms. The van der Waals surface area contributed by atoms with E-state index in [1.54, 1.807) is 50.6 Å². The molecular weight excluding hydrogens is 360 g/mol. The van der Waals surface area contributed by atoms with Crippen molar-refractivity contribution < 1.29 is 23.8 Å². The SMILES string of the molecule is COC(=O)c1cccc2c1nc(C=Cc1ccc(OC)c(OC)c1)n2C(C)=O. The summed E-state index contributed by atoms with van der Waals surface area (Å²) in [6.07, 6.45) is 3.52. The smallest absolute Gasteiger partial charge is 0.340 e. The van der Waals surface area contributed by atoms with Crippen molar-refractivity contribution in [3.63, 3.8) is 0 Å². The van der Waals surface area contributed by atoms with E-state index in [0.29, 0.717) is 33.9 Å². The van der Waals surface area contributed by atoms with E-state index in [2.05, 4.69) is 4.98 Å². The van der Waals surface area contributed by atoms with Crippen LogP contribution in [0.5, 0.6) is 11.5 Å². The van der Waals surface area contributed by atoms with Gasteiger partial charge in [0.15, 0.2) is 11.5 Å². The van der Waals surface area contributed by atoms with Crippen LogP contribution in [0.3, 0.4) is 0 Å². The van der Waals surface area contributed by atoms with Gasteiger partial charge in [0.1, 0.15) is 11.3 Å². The number of methoxy groups -OCH3 is 3. The minimum absolute atomic E-state index is 0.212. The molecule has 28 heavy (non-hydrogen) atoms. The molecule has 0 saturated carbocycles. The van der Waals surface area contributed by atoms with Crippen LogP contribution in [-0.2, 0) is 4.74 Å². The van der Waals surface area contributed by atoms with Gasteiger partial charge in [0.05, 0.1) is 32.4 Å². The molecule has 144 valence electrons. The molecule has 0 unspecified atom stereocenters. The number of benzene rings is 2. The number of nitrogens with zero attached hydrogens (tertiary/aromatic N) is 2. The molecule has 0 aliphatic rings. The lowest BCUT2D eigenvalue weighted by molar-refractivity contribution is 0.0602. The first kappa shape index (κ1) is 19.2. The van der Waals surface area contributed by atoms with Crippen molar-refractivity contribution in [3.8, 4) is 11.5 Å². The van der Waals surface area contributed by atoms with E-state index in [4.69, 9.17) is 14.2 Å². The number of hydrogen-bond donors (Lipinski definition) is 0. The fourth-order valence-electron chi connectivity index (χ4n) is 2.96. The molecule has 7 nitrogen and oxygen atoms in total. The summed E-state index contributed by atoms with van der Waals surface area (Å²) < 4.78 is 16.8. The number of aromatic nitrogens is 2. The highest BCUT2D eigenvalue weighted by Crippen LogP contribution is 2.28. The number of ether oxygens (including phenoxy) is 3. The second-order valence-corrected chi connectivity index (χ2v) is 5.94. The minimum atomic E-state index is -0.505. The van der Waals surface area contributed by atoms with E-state index in [0.717, 1.165) is 5.56 Å². The normalized spacial score (nSPS) is 11.0. The summed E-state index contributed by atoms with van der Waals surface area (Å²) in [5.41, 5.74) is 2.10. The lowest BCUT2D eigenvalue weighted by Crippen LogP contribution is -2.07. The molecule has 0 aliphatic heterocycles. The summed E-state index contributed by atoms with van der Waals surface area (Å²) in [5.74, 6) is 0.912. The van der Waals surface area contributed by atoms with Crippen LogP contribution >= 0.6 is 0 Å². The monoisotopic (exact) mass is 380 g/mol. The van der Waals surface area contributed by atoms with E-state index in [-0.39, 0.29) is 5.91 Å². The summed E-state index contributed by atoms with van der Waals surface area (Å²) in [5, 5.41) is 0. The largest absolute Gasteiger partial charge is 0.493 e. The van der Waals surface area contributed by atoms with Gasteiger partial charge in [-0.15, -0.1) is 0 Å². The van der Waals surface area contributed by atoms with Gasteiger partial charge >= 0.3 is 5.97 Å². The predicted molar refractivity (Wildman–Crippen MR) is 106 cm³/mol. The number of fused-ring (bicyclic) bond motifs is 1. The van der Waals surface area contributed by atoms with Crippen LogP contribution in [0.4, 0.5) is 0 Å². The van der Waals surface area contributed by atoms with Crippen LogP contribution in [0.2, 0.25) is 0 Å². The lowest BCUT2D eigenvalue weighted by Gasteiger charge is -2.07. The molecule has 0 saturated heterocycles. The Labute approximate surface area is 162 Å². The number of carbonyl (C=O) groups excluding carboxylic acids is 2. The van der Waals surface area contributed by atoms with Gasteiger partial charge in [-0.3, -0.25) is 9.36 Å². The summed E-state index contributed by atoms with van der Waals surface area (Å²) in [6, 6.07) is 10.5. The fraction of sp³-hybridized carbons (Fsp3) is 0.190. The van der Waals surface area contributed by atoms with Gasteiger partial charge in [0.25, 0.3) is 0 Å². The predicted octanol–water partition coefficient (Wildman–Crippen LogP) is 3.67. The van der Waals surface area contributed by atoms with Crippen molar-refractivity contribution in [2.24, 2.45) is 0 Å². The summed E-state index contributed by atoms with van der Waals surface area (Å²) >= 11 is 0. The Morgan fingerprint density at radius 2 is 1.75 bits per heavy atom. The molecule has 3 aromatic rings. The maximum Gasteiger partial charge on any atom is 0.340 e. The molecule has 0 spiro atoms. The molecule has 1 aromatic heterocycles. The van der Waals surface area contributed by atoms with Gasteiger partial charge in [0, 0.05) is 6.92 Å². The highest BCUT2D eigenvalue weighted by molar-refractivity contribution is 6.04. The maximum absolute atomic E-state index is 12.2. The Morgan fingerprint density at radius 3 is 2.39 bits per heavy atom. The summed E-state index contributed by atoms with van der Waals surface area (Å²) in [4.78, 5) is 28.7. The van der Waals surface area contributed by atoms with Gasteiger partial charge in [-0.1, -0.05) is 18.2 Å². The quantitative estimate of drug-likeness (QED) is 0.629. The Hall–Kier alpha value is -3.61. The van der Waals surface area contributed by atoms with E-state index in [1.807, 2.05) is 12.1 Å². The minimum Gasteiger partial charge on any atom is -0.493 e. The average Bonchev–Trinajstić information content (AvgIpc) is 3.10. The lowest BCUT2D eigenvalue weighted by atomic mass is 10.2. The number of para-hydroxylation sites is 1. The van der Waals surface area contributed by atoms with Gasteiger partial charge in [-0.2, -0.15) is 0 Å². The van der Waals surface area contributed by atoms with Crippen LogP contribution in [0.15, 0.2) is 36.4 Å². The third-order valence-corrected chi connectivity index (χ3v) is 4.26. The van der Waals surface area contributed by atoms with Crippen LogP contribution in [-0.4, -0.2) is 42.8 Å². The second kappa shape index (κ2) is 7.96. The zero-order chi connectivity index (χ0) is 20.3. The van der Waals surface area contributed by atoms with Crippen molar-refractivity contribution in [2.45, 2.75) is 6.92 Å². The van der Waals surface area contributed by atoms with Crippen LogP contribution in [0.25, 0.3) is 23.2 Å². The van der Waals surface area contributed by atoms with Crippen LogP contribution < -0.4 is 9.47 Å². The molecule has 0 amide bonds. The Bertz CT molecular complexity index is 1080. The number of imidazole rings is 1. The van der Waals surface area contributed by atoms with Crippen LogP contribution in [0, 0.1) is 0 Å². The van der Waals surface area contributed by atoms with Gasteiger partial charge in [0.2, 0.25) is 5.91 Å². The standard InChI is InChI=1S/C21H20N2O5/c1-13(24)23-16-7-5-6-15(21(25)28-4)20(16)22-19(23)11-9-14-8-10-17(26-2)18(12-14)27-3/h5-12H,1-4H3. The van der Waals surface area contributed by atoms with E-state index in [1.165, 1.54) is 18.6 Å². The first-order chi connectivity index (χ1) is 13.5. The average molecular weight is 380 g/mol. The molecule has 1 heterocycles. The van der Waals surface area contributed by atoms with Gasteiger partial charge < -0.3 is 14.2 Å². The van der Waals surface area contributed by atoms with Gasteiger partial charge in [-0.25, -0.2) is 9.78 Å². The first-order valence-corrected chi connectivity index (χ1v) is 8.51. The maximum atomic E-state index is 12.2. The number of carbonyl (C=O) groups is 2. The van der Waals surface area contributed by atoms with Crippen molar-refractivity contribution in [1.82, 2.24) is 9.55 Å². The Kier molecular flexibility index (Phi) is 5.44. The van der Waals surface area contributed by atoms with Crippen molar-refractivity contribution in [1.29, 1.82) is 0 Å². The number of rotatable bonds is 5. The summed E-state index contributed by atoms with van der Waals surface area (Å²) in [6.45, 7) is 1.44. The Balaban J connectivity index is 2.10. The molecular formula is C21H20N2O5. The number of hydrogen-bond acceptors (Lipinski definition) is 6.